The molecule has 1 fully saturated rings. The van der Waals surface area contributed by atoms with Crippen LogP contribution in [0.4, 0.5) is 17.2 Å². The predicted molar refractivity (Wildman–Crippen MR) is 96.3 cm³/mol. The number of benzene rings is 1. The maximum absolute atomic E-state index is 12.1. The summed E-state index contributed by atoms with van der Waals surface area (Å²) in [6, 6.07) is 7.96. The van der Waals surface area contributed by atoms with E-state index in [1.54, 1.807) is 19.1 Å². The summed E-state index contributed by atoms with van der Waals surface area (Å²) in [5, 5.41) is 26.6. The summed E-state index contributed by atoms with van der Waals surface area (Å²) in [6.07, 6.45) is 0. The van der Waals surface area contributed by atoms with Gasteiger partial charge in [0.2, 0.25) is 5.91 Å². The summed E-state index contributed by atoms with van der Waals surface area (Å²) in [6.45, 7) is 4.46. The highest BCUT2D eigenvalue weighted by Crippen LogP contribution is 2.25. The van der Waals surface area contributed by atoms with Gasteiger partial charge in [-0.2, -0.15) is 5.26 Å². The summed E-state index contributed by atoms with van der Waals surface area (Å²) in [7, 11) is 0. The highest BCUT2D eigenvalue weighted by atomic mass is 16.6. The molecule has 1 amide bonds. The number of nitriles is 1. The van der Waals surface area contributed by atoms with E-state index in [1.165, 1.54) is 12.1 Å². The molecular weight excluding hydrogens is 352 g/mol. The first-order valence-electron chi connectivity index (χ1n) is 8.35. The number of nitrogens with zero attached hydrogens (tertiary/aromatic N) is 5. The molecule has 1 saturated heterocycles. The Hall–Kier alpha value is -3.45. The van der Waals surface area contributed by atoms with E-state index in [4.69, 9.17) is 4.52 Å². The Morgan fingerprint density at radius 1 is 1.37 bits per heavy atom. The van der Waals surface area contributed by atoms with E-state index in [1.807, 2.05) is 15.9 Å². The third kappa shape index (κ3) is 4.39. The molecule has 0 bridgehead atoms. The van der Waals surface area contributed by atoms with Gasteiger partial charge in [0.15, 0.2) is 5.82 Å². The van der Waals surface area contributed by atoms with Gasteiger partial charge in [-0.05, 0) is 13.0 Å². The second kappa shape index (κ2) is 7.84. The van der Waals surface area contributed by atoms with Gasteiger partial charge in [0.1, 0.15) is 11.8 Å². The van der Waals surface area contributed by atoms with Gasteiger partial charge in [0.25, 0.3) is 5.69 Å². The van der Waals surface area contributed by atoms with Crippen LogP contribution in [-0.4, -0.2) is 53.6 Å². The van der Waals surface area contributed by atoms with E-state index >= 15 is 0 Å². The molecule has 0 unspecified atom stereocenters. The Balaban J connectivity index is 1.56. The van der Waals surface area contributed by atoms with Gasteiger partial charge in [0.05, 0.1) is 22.7 Å². The SMILES string of the molecule is Cc1cc(NC(=O)CN2CCN(c3ccc([N+](=O)[O-])cc3C#N)CC2)no1. The minimum Gasteiger partial charge on any atom is -0.368 e. The predicted octanol–water partition coefficient (Wildman–Crippen LogP) is 1.52. The molecule has 1 aromatic heterocycles. The summed E-state index contributed by atoms with van der Waals surface area (Å²) in [5.41, 5.74) is 0.843. The van der Waals surface area contributed by atoms with Crippen LogP contribution < -0.4 is 10.2 Å². The molecule has 2 heterocycles. The number of aryl methyl sites for hydroxylation is 1. The standard InChI is InChI=1S/C17H18N6O4/c1-12-8-16(20-27-12)19-17(24)11-21-4-6-22(7-5-21)15-3-2-14(23(25)26)9-13(15)10-18/h2-3,8-9H,4-7,11H2,1H3,(H,19,20,24). The number of hydrogen-bond acceptors (Lipinski definition) is 8. The van der Waals surface area contributed by atoms with E-state index in [-0.39, 0.29) is 23.7 Å². The molecule has 1 aliphatic rings. The molecule has 0 spiro atoms. The summed E-state index contributed by atoms with van der Waals surface area (Å²) >= 11 is 0. The lowest BCUT2D eigenvalue weighted by atomic mass is 10.1. The second-order valence-corrected chi connectivity index (χ2v) is 6.20. The average molecular weight is 370 g/mol. The highest BCUT2D eigenvalue weighted by Gasteiger charge is 2.22. The largest absolute Gasteiger partial charge is 0.368 e. The first kappa shape index (κ1) is 18.3. The fourth-order valence-electron chi connectivity index (χ4n) is 2.96. The Kier molecular flexibility index (Phi) is 5.33. The number of anilines is 2. The van der Waals surface area contributed by atoms with Gasteiger partial charge < -0.3 is 14.7 Å². The molecule has 140 valence electrons. The van der Waals surface area contributed by atoms with Gasteiger partial charge in [-0.15, -0.1) is 0 Å². The average Bonchev–Trinajstić information content (AvgIpc) is 3.06. The molecule has 27 heavy (non-hydrogen) atoms. The number of carbonyl (C=O) groups excluding carboxylic acids is 1. The monoisotopic (exact) mass is 370 g/mol. The van der Waals surface area contributed by atoms with Gasteiger partial charge in [-0.3, -0.25) is 19.8 Å². The second-order valence-electron chi connectivity index (χ2n) is 6.20. The minimum atomic E-state index is -0.516. The van der Waals surface area contributed by atoms with E-state index in [0.717, 1.165) is 0 Å². The van der Waals surface area contributed by atoms with Crippen molar-refractivity contribution in [3.8, 4) is 6.07 Å². The Morgan fingerprint density at radius 2 is 2.11 bits per heavy atom. The third-order valence-electron chi connectivity index (χ3n) is 4.29. The van der Waals surface area contributed by atoms with Crippen molar-refractivity contribution in [2.45, 2.75) is 6.92 Å². The Labute approximate surface area is 155 Å². The van der Waals surface area contributed by atoms with Crippen LogP contribution in [-0.2, 0) is 4.79 Å². The lowest BCUT2D eigenvalue weighted by molar-refractivity contribution is -0.384. The highest BCUT2D eigenvalue weighted by molar-refractivity contribution is 5.91. The minimum absolute atomic E-state index is 0.103. The Morgan fingerprint density at radius 3 is 2.70 bits per heavy atom. The van der Waals surface area contributed by atoms with Crippen LogP contribution in [0, 0.1) is 28.4 Å². The van der Waals surface area contributed by atoms with Crippen molar-refractivity contribution < 1.29 is 14.2 Å². The summed E-state index contributed by atoms with van der Waals surface area (Å²) in [5.74, 6) is 0.834. The molecule has 0 atom stereocenters. The van der Waals surface area contributed by atoms with Crippen LogP contribution >= 0.6 is 0 Å². The van der Waals surface area contributed by atoms with Gasteiger partial charge in [-0.1, -0.05) is 5.16 Å². The Bertz CT molecular complexity index is 895. The van der Waals surface area contributed by atoms with Crippen LogP contribution in [0.5, 0.6) is 0 Å². The molecular formula is C17H18N6O4. The van der Waals surface area contributed by atoms with E-state index < -0.39 is 4.92 Å². The zero-order valence-corrected chi connectivity index (χ0v) is 14.7. The number of nitrogens with one attached hydrogen (secondary N) is 1. The number of hydrogen-bond donors (Lipinski definition) is 1. The molecule has 3 rings (SSSR count). The first-order valence-corrected chi connectivity index (χ1v) is 8.35. The van der Waals surface area contributed by atoms with E-state index in [0.29, 0.717) is 43.4 Å². The number of aromatic nitrogens is 1. The maximum Gasteiger partial charge on any atom is 0.270 e. The molecule has 1 aliphatic heterocycles. The van der Waals surface area contributed by atoms with Crippen molar-refractivity contribution >= 4 is 23.1 Å². The van der Waals surface area contributed by atoms with Crippen LogP contribution in [0.1, 0.15) is 11.3 Å². The molecule has 0 radical (unpaired) electrons. The van der Waals surface area contributed by atoms with Crippen LogP contribution in [0.2, 0.25) is 0 Å². The number of nitro groups is 1. The topological polar surface area (TPSA) is 129 Å². The molecule has 10 heteroatoms. The van der Waals surface area contributed by atoms with E-state index in [2.05, 4.69) is 10.5 Å². The van der Waals surface area contributed by atoms with Gasteiger partial charge in [0, 0.05) is 44.4 Å². The maximum atomic E-state index is 12.1. The number of rotatable bonds is 5. The van der Waals surface area contributed by atoms with Crippen molar-refractivity contribution in [3.05, 3.63) is 45.7 Å². The fourth-order valence-corrected chi connectivity index (χ4v) is 2.96. The van der Waals surface area contributed by atoms with Crippen molar-refractivity contribution in [1.29, 1.82) is 5.26 Å². The van der Waals surface area contributed by atoms with Crippen molar-refractivity contribution in [1.82, 2.24) is 10.1 Å². The van der Waals surface area contributed by atoms with Crippen molar-refractivity contribution in [2.75, 3.05) is 42.9 Å². The molecule has 10 nitrogen and oxygen atoms in total. The molecule has 2 aromatic rings. The van der Waals surface area contributed by atoms with Gasteiger partial charge >= 0.3 is 0 Å². The first-order chi connectivity index (χ1) is 13.0. The summed E-state index contributed by atoms with van der Waals surface area (Å²) in [4.78, 5) is 26.4. The fraction of sp³-hybridized carbons (Fsp3) is 0.353. The lowest BCUT2D eigenvalue weighted by Crippen LogP contribution is -2.48. The number of nitro benzene ring substituents is 1. The van der Waals surface area contributed by atoms with Crippen LogP contribution in [0.3, 0.4) is 0 Å². The van der Waals surface area contributed by atoms with Crippen LogP contribution in [0.25, 0.3) is 0 Å². The number of amides is 1. The smallest absolute Gasteiger partial charge is 0.270 e. The van der Waals surface area contributed by atoms with Crippen LogP contribution in [0.15, 0.2) is 28.8 Å². The number of piperazine rings is 1. The number of non-ortho nitro benzene ring substituents is 1. The molecule has 0 saturated carbocycles. The normalized spacial score (nSPS) is 14.6. The summed E-state index contributed by atoms with van der Waals surface area (Å²) < 4.78 is 4.91. The molecule has 1 aromatic carbocycles. The van der Waals surface area contributed by atoms with Crippen molar-refractivity contribution in [3.63, 3.8) is 0 Å². The number of carbonyl (C=O) groups is 1. The quantitative estimate of drug-likeness (QED) is 0.620. The third-order valence-corrected chi connectivity index (χ3v) is 4.29. The molecule has 1 N–H and O–H groups in total. The van der Waals surface area contributed by atoms with Crippen molar-refractivity contribution in [2.24, 2.45) is 0 Å². The lowest BCUT2D eigenvalue weighted by Gasteiger charge is -2.36. The molecule has 0 aliphatic carbocycles. The van der Waals surface area contributed by atoms with E-state index in [9.17, 15) is 20.2 Å². The van der Waals surface area contributed by atoms with Gasteiger partial charge in [-0.25, -0.2) is 0 Å². The zero-order chi connectivity index (χ0) is 19.4. The zero-order valence-electron chi connectivity index (χ0n) is 14.7.